The summed E-state index contributed by atoms with van der Waals surface area (Å²) in [6.45, 7) is 15.5. The Morgan fingerprint density at radius 1 is 1.14 bits per heavy atom. The van der Waals surface area contributed by atoms with Gasteiger partial charge in [0.15, 0.2) is 0 Å². The van der Waals surface area contributed by atoms with Gasteiger partial charge in [-0.3, -0.25) is 9.88 Å². The summed E-state index contributed by atoms with van der Waals surface area (Å²) in [6.07, 6.45) is 2.02. The van der Waals surface area contributed by atoms with Gasteiger partial charge in [0.2, 0.25) is 0 Å². The third kappa shape index (κ3) is 5.73. The van der Waals surface area contributed by atoms with Crippen LogP contribution >= 0.6 is 0 Å². The van der Waals surface area contributed by atoms with Gasteiger partial charge in [0, 0.05) is 45.5 Å². The monoisotopic (exact) mass is 290 g/mol. The number of piperazine rings is 1. The van der Waals surface area contributed by atoms with Crippen LogP contribution in [-0.2, 0) is 13.1 Å². The quantitative estimate of drug-likeness (QED) is 0.832. The van der Waals surface area contributed by atoms with Crippen molar-refractivity contribution in [1.82, 2.24) is 20.1 Å². The van der Waals surface area contributed by atoms with E-state index >= 15 is 0 Å². The van der Waals surface area contributed by atoms with Crippen LogP contribution in [-0.4, -0.2) is 54.1 Å². The van der Waals surface area contributed by atoms with Gasteiger partial charge in [0.1, 0.15) is 0 Å². The molecule has 4 nitrogen and oxygen atoms in total. The summed E-state index contributed by atoms with van der Waals surface area (Å²) < 4.78 is 0. The third-order valence-electron chi connectivity index (χ3n) is 4.07. The molecule has 0 atom stereocenters. The Morgan fingerprint density at radius 2 is 1.86 bits per heavy atom. The van der Waals surface area contributed by atoms with E-state index in [9.17, 15) is 0 Å². The number of aromatic nitrogens is 1. The molecule has 118 valence electrons. The zero-order chi connectivity index (χ0) is 15.1. The highest BCUT2D eigenvalue weighted by atomic mass is 15.3. The van der Waals surface area contributed by atoms with Crippen LogP contribution in [0.15, 0.2) is 18.3 Å². The molecule has 0 spiro atoms. The number of nitrogens with one attached hydrogen (secondary N) is 1. The first-order valence-electron chi connectivity index (χ1n) is 8.26. The molecule has 0 amide bonds. The highest BCUT2D eigenvalue weighted by molar-refractivity contribution is 5.14. The SMILES string of the molecule is CCN1CCN(Cc2ccc(CNCC(C)C)cn2)CC1. The van der Waals surface area contributed by atoms with Gasteiger partial charge in [0.25, 0.3) is 0 Å². The first-order chi connectivity index (χ1) is 10.2. The molecule has 1 aliphatic heterocycles. The summed E-state index contributed by atoms with van der Waals surface area (Å²) in [5.74, 6) is 0.694. The van der Waals surface area contributed by atoms with E-state index in [1.807, 2.05) is 6.20 Å². The van der Waals surface area contributed by atoms with Crippen molar-refractivity contribution in [3.63, 3.8) is 0 Å². The zero-order valence-electron chi connectivity index (χ0n) is 13.8. The predicted octanol–water partition coefficient (Wildman–Crippen LogP) is 1.96. The standard InChI is InChI=1S/C17H30N4/c1-4-20-7-9-21(10-8-20)14-17-6-5-16(13-19-17)12-18-11-15(2)3/h5-6,13,15,18H,4,7-12,14H2,1-3H3. The highest BCUT2D eigenvalue weighted by Crippen LogP contribution is 2.07. The second-order valence-electron chi connectivity index (χ2n) is 6.39. The molecular weight excluding hydrogens is 260 g/mol. The minimum atomic E-state index is 0.694. The predicted molar refractivity (Wildman–Crippen MR) is 88.2 cm³/mol. The van der Waals surface area contributed by atoms with Gasteiger partial charge in [0.05, 0.1) is 5.69 Å². The molecule has 2 heterocycles. The van der Waals surface area contributed by atoms with E-state index in [1.54, 1.807) is 0 Å². The largest absolute Gasteiger partial charge is 0.312 e. The van der Waals surface area contributed by atoms with E-state index < -0.39 is 0 Å². The highest BCUT2D eigenvalue weighted by Gasteiger charge is 2.15. The van der Waals surface area contributed by atoms with Crippen molar-refractivity contribution in [3.8, 4) is 0 Å². The lowest BCUT2D eigenvalue weighted by molar-refractivity contribution is 0.131. The minimum Gasteiger partial charge on any atom is -0.312 e. The third-order valence-corrected chi connectivity index (χ3v) is 4.07. The Morgan fingerprint density at radius 3 is 2.43 bits per heavy atom. The Labute approximate surface area is 129 Å². The maximum atomic E-state index is 4.61. The first-order valence-corrected chi connectivity index (χ1v) is 8.26. The van der Waals surface area contributed by atoms with Gasteiger partial charge in [-0.1, -0.05) is 26.8 Å². The van der Waals surface area contributed by atoms with E-state index in [0.717, 1.165) is 32.7 Å². The minimum absolute atomic E-state index is 0.694. The molecular formula is C17H30N4. The van der Waals surface area contributed by atoms with Crippen LogP contribution in [0.25, 0.3) is 0 Å². The van der Waals surface area contributed by atoms with Crippen LogP contribution in [0.3, 0.4) is 0 Å². The van der Waals surface area contributed by atoms with Gasteiger partial charge < -0.3 is 10.2 Å². The molecule has 1 saturated heterocycles. The molecule has 0 aromatic carbocycles. The molecule has 1 N–H and O–H groups in total. The fraction of sp³-hybridized carbons (Fsp3) is 0.706. The number of hydrogen-bond donors (Lipinski definition) is 1. The summed E-state index contributed by atoms with van der Waals surface area (Å²) in [5.41, 5.74) is 2.46. The molecule has 0 radical (unpaired) electrons. The lowest BCUT2D eigenvalue weighted by atomic mass is 10.2. The van der Waals surface area contributed by atoms with Crippen molar-refractivity contribution in [3.05, 3.63) is 29.6 Å². The Hall–Kier alpha value is -0.970. The maximum Gasteiger partial charge on any atom is 0.0544 e. The molecule has 0 aliphatic carbocycles. The first kappa shape index (κ1) is 16.4. The van der Waals surface area contributed by atoms with Crippen LogP contribution < -0.4 is 5.32 Å². The Kier molecular flexibility index (Phi) is 6.61. The molecule has 1 aromatic rings. The molecule has 2 rings (SSSR count). The average molecular weight is 290 g/mol. The maximum absolute atomic E-state index is 4.61. The Bertz CT molecular complexity index is 394. The number of pyridine rings is 1. The molecule has 1 aromatic heterocycles. The van der Waals surface area contributed by atoms with Gasteiger partial charge >= 0.3 is 0 Å². The molecule has 0 unspecified atom stereocenters. The van der Waals surface area contributed by atoms with Crippen molar-refractivity contribution in [2.24, 2.45) is 5.92 Å². The van der Waals surface area contributed by atoms with Crippen molar-refractivity contribution in [2.75, 3.05) is 39.3 Å². The molecule has 1 fully saturated rings. The van der Waals surface area contributed by atoms with Crippen molar-refractivity contribution in [2.45, 2.75) is 33.9 Å². The van der Waals surface area contributed by atoms with Crippen LogP contribution in [0.1, 0.15) is 32.0 Å². The van der Waals surface area contributed by atoms with E-state index in [2.05, 4.69) is 53.0 Å². The Balaban J connectivity index is 1.74. The van der Waals surface area contributed by atoms with E-state index in [-0.39, 0.29) is 0 Å². The molecule has 1 aliphatic rings. The van der Waals surface area contributed by atoms with Gasteiger partial charge in [-0.15, -0.1) is 0 Å². The lowest BCUT2D eigenvalue weighted by Gasteiger charge is -2.33. The zero-order valence-corrected chi connectivity index (χ0v) is 13.8. The molecule has 21 heavy (non-hydrogen) atoms. The van der Waals surface area contributed by atoms with Crippen LogP contribution in [0.2, 0.25) is 0 Å². The van der Waals surface area contributed by atoms with Crippen molar-refractivity contribution < 1.29 is 0 Å². The number of rotatable bonds is 7. The smallest absolute Gasteiger partial charge is 0.0544 e. The van der Waals surface area contributed by atoms with E-state index in [1.165, 1.54) is 30.9 Å². The number of likely N-dealkylation sites (N-methyl/N-ethyl adjacent to an activating group) is 1. The van der Waals surface area contributed by atoms with Crippen LogP contribution in [0.5, 0.6) is 0 Å². The lowest BCUT2D eigenvalue weighted by Crippen LogP contribution is -2.45. The fourth-order valence-corrected chi connectivity index (χ4v) is 2.65. The second kappa shape index (κ2) is 8.47. The van der Waals surface area contributed by atoms with E-state index in [4.69, 9.17) is 0 Å². The summed E-state index contributed by atoms with van der Waals surface area (Å²) in [6, 6.07) is 4.39. The summed E-state index contributed by atoms with van der Waals surface area (Å²) in [7, 11) is 0. The summed E-state index contributed by atoms with van der Waals surface area (Å²) in [4.78, 5) is 9.63. The van der Waals surface area contributed by atoms with Crippen LogP contribution in [0, 0.1) is 5.92 Å². The van der Waals surface area contributed by atoms with Gasteiger partial charge in [-0.05, 0) is 30.6 Å². The van der Waals surface area contributed by atoms with Gasteiger partial charge in [-0.25, -0.2) is 0 Å². The fourth-order valence-electron chi connectivity index (χ4n) is 2.65. The van der Waals surface area contributed by atoms with E-state index in [0.29, 0.717) is 5.92 Å². The molecule has 4 heteroatoms. The summed E-state index contributed by atoms with van der Waals surface area (Å²) in [5, 5.41) is 3.46. The number of hydrogen-bond acceptors (Lipinski definition) is 4. The normalized spacial score (nSPS) is 17.5. The van der Waals surface area contributed by atoms with Crippen LogP contribution in [0.4, 0.5) is 0 Å². The summed E-state index contributed by atoms with van der Waals surface area (Å²) >= 11 is 0. The average Bonchev–Trinajstić information content (AvgIpc) is 2.49. The van der Waals surface area contributed by atoms with Crippen molar-refractivity contribution in [1.29, 1.82) is 0 Å². The molecule has 0 bridgehead atoms. The number of nitrogens with zero attached hydrogens (tertiary/aromatic N) is 3. The topological polar surface area (TPSA) is 31.4 Å². The second-order valence-corrected chi connectivity index (χ2v) is 6.39. The van der Waals surface area contributed by atoms with Crippen molar-refractivity contribution >= 4 is 0 Å². The van der Waals surface area contributed by atoms with Gasteiger partial charge in [-0.2, -0.15) is 0 Å². The molecule has 0 saturated carbocycles.